The fourth-order valence-electron chi connectivity index (χ4n) is 4.35. The molecule has 1 aliphatic rings. The molecule has 0 saturated carbocycles. The van der Waals surface area contributed by atoms with Crippen molar-refractivity contribution in [3.63, 3.8) is 0 Å². The Morgan fingerprint density at radius 3 is 2.47 bits per heavy atom. The summed E-state index contributed by atoms with van der Waals surface area (Å²) >= 11 is 6.22. The van der Waals surface area contributed by atoms with Crippen molar-refractivity contribution < 1.29 is 14.3 Å². The van der Waals surface area contributed by atoms with Crippen molar-refractivity contribution in [1.82, 2.24) is 15.0 Å². The van der Waals surface area contributed by atoms with Crippen LogP contribution in [0.25, 0.3) is 10.9 Å². The van der Waals surface area contributed by atoms with Crippen LogP contribution < -0.4 is 14.8 Å². The van der Waals surface area contributed by atoms with Gasteiger partial charge in [0.05, 0.1) is 31.5 Å². The molecule has 0 aliphatic carbocycles. The molecule has 0 radical (unpaired) electrons. The fourth-order valence-corrected chi connectivity index (χ4v) is 4.52. The second-order valence-corrected chi connectivity index (χ2v) is 8.65. The molecular formula is C27H24ClN5O3. The first kappa shape index (κ1) is 23.6. The van der Waals surface area contributed by atoms with Crippen LogP contribution in [0.5, 0.6) is 11.5 Å². The Kier molecular flexibility index (Phi) is 6.43. The molecule has 1 atom stereocenters. The van der Waals surface area contributed by atoms with E-state index in [0.717, 1.165) is 27.9 Å². The van der Waals surface area contributed by atoms with Crippen molar-refractivity contribution in [2.45, 2.75) is 19.4 Å². The molecule has 0 spiro atoms. The van der Waals surface area contributed by atoms with Crippen molar-refractivity contribution in [2.75, 3.05) is 19.5 Å². The molecule has 1 amide bonds. The number of anilines is 2. The molecule has 5 rings (SSSR count). The van der Waals surface area contributed by atoms with E-state index >= 15 is 0 Å². The zero-order valence-corrected chi connectivity index (χ0v) is 20.8. The van der Waals surface area contributed by atoms with Crippen LogP contribution in [-0.2, 0) is 4.79 Å². The van der Waals surface area contributed by atoms with E-state index in [-0.39, 0.29) is 17.2 Å². The minimum atomic E-state index is -0.137. The van der Waals surface area contributed by atoms with Gasteiger partial charge in [-0.15, -0.1) is 0 Å². The maximum Gasteiger partial charge on any atom is 0.240 e. The highest BCUT2D eigenvalue weighted by atomic mass is 35.5. The summed E-state index contributed by atoms with van der Waals surface area (Å²) in [5, 5.41) is 10.4. The van der Waals surface area contributed by atoms with E-state index in [0.29, 0.717) is 29.3 Å². The van der Waals surface area contributed by atoms with Gasteiger partial charge in [0.25, 0.3) is 0 Å². The number of halogens is 1. The number of ether oxygens (including phenoxy) is 2. The van der Waals surface area contributed by atoms with E-state index < -0.39 is 0 Å². The van der Waals surface area contributed by atoms with Crippen molar-refractivity contribution in [3.05, 3.63) is 83.1 Å². The maximum atomic E-state index is 12.3. The third-order valence-corrected chi connectivity index (χ3v) is 6.22. The molecule has 182 valence electrons. The third kappa shape index (κ3) is 4.55. The number of rotatable bonds is 6. The van der Waals surface area contributed by atoms with Gasteiger partial charge in [-0.05, 0) is 40.9 Å². The molecule has 3 aromatic carbocycles. The number of amides is 1. The van der Waals surface area contributed by atoms with Gasteiger partial charge >= 0.3 is 0 Å². The lowest BCUT2D eigenvalue weighted by atomic mass is 9.98. The van der Waals surface area contributed by atoms with Gasteiger partial charge in [0, 0.05) is 30.5 Å². The Balaban J connectivity index is 1.48. The molecule has 1 aliphatic heterocycles. The molecule has 4 aromatic rings. The predicted molar refractivity (Wildman–Crippen MR) is 140 cm³/mol. The summed E-state index contributed by atoms with van der Waals surface area (Å²) in [5.41, 5.74) is 4.20. The number of carbonyl (C=O) groups excluding carboxylic acids is 1. The Morgan fingerprint density at radius 2 is 1.75 bits per heavy atom. The minimum absolute atomic E-state index is 0.0976. The topological polar surface area (TPSA) is 88.9 Å². The molecule has 1 unspecified atom stereocenters. The van der Waals surface area contributed by atoms with E-state index in [4.69, 9.17) is 21.1 Å². The van der Waals surface area contributed by atoms with Crippen molar-refractivity contribution >= 4 is 45.6 Å². The third-order valence-electron chi connectivity index (χ3n) is 6.05. The van der Waals surface area contributed by atoms with E-state index in [1.807, 2.05) is 60.7 Å². The lowest BCUT2D eigenvalue weighted by Gasteiger charge is -2.20. The summed E-state index contributed by atoms with van der Waals surface area (Å²) in [6, 6.07) is 21.2. The Bertz CT molecular complexity index is 1480. The van der Waals surface area contributed by atoms with Crippen molar-refractivity contribution in [1.29, 1.82) is 0 Å². The van der Waals surface area contributed by atoms with Crippen LogP contribution in [0.4, 0.5) is 11.5 Å². The fraction of sp³-hybridized carbons (Fsp3) is 0.185. The molecule has 8 nitrogen and oxygen atoms in total. The van der Waals surface area contributed by atoms with Crippen molar-refractivity contribution in [3.8, 4) is 11.5 Å². The predicted octanol–water partition coefficient (Wildman–Crippen LogP) is 5.74. The normalized spacial score (nSPS) is 15.1. The zero-order valence-electron chi connectivity index (χ0n) is 20.0. The number of hydrogen-bond acceptors (Lipinski definition) is 7. The van der Waals surface area contributed by atoms with Crippen LogP contribution in [0, 0.1) is 0 Å². The van der Waals surface area contributed by atoms with Crippen LogP contribution in [-0.4, -0.2) is 40.8 Å². The first-order chi connectivity index (χ1) is 17.5. The maximum absolute atomic E-state index is 12.3. The van der Waals surface area contributed by atoms with Gasteiger partial charge in [-0.25, -0.2) is 9.99 Å². The lowest BCUT2D eigenvalue weighted by Crippen LogP contribution is -2.24. The van der Waals surface area contributed by atoms with Gasteiger partial charge in [-0.3, -0.25) is 4.79 Å². The quantitative estimate of drug-likeness (QED) is 0.339. The average Bonchev–Trinajstić information content (AvgIpc) is 3.35. The average molecular weight is 502 g/mol. The van der Waals surface area contributed by atoms with Gasteiger partial charge in [0.1, 0.15) is 5.82 Å². The highest BCUT2D eigenvalue weighted by Gasteiger charge is 2.31. The second kappa shape index (κ2) is 9.83. The molecule has 0 bridgehead atoms. The molecule has 1 N–H and O–H groups in total. The lowest BCUT2D eigenvalue weighted by molar-refractivity contribution is -0.130. The van der Waals surface area contributed by atoms with Gasteiger partial charge in [-0.2, -0.15) is 10.1 Å². The summed E-state index contributed by atoms with van der Waals surface area (Å²) < 4.78 is 10.8. The number of aromatic nitrogens is 2. The number of hydrogen-bond donors (Lipinski definition) is 1. The summed E-state index contributed by atoms with van der Waals surface area (Å²) in [6.45, 7) is 1.54. The van der Waals surface area contributed by atoms with Crippen molar-refractivity contribution in [2.24, 2.45) is 5.10 Å². The van der Waals surface area contributed by atoms with E-state index in [1.165, 1.54) is 6.92 Å². The standard InChI is InChI=1S/C27H24ClN5O3/c1-16(34)33-23(17-8-5-4-6-9-17)14-21(32-33)18-10-7-11-19(12-18)29-26-20-13-24(35-2)25(36-3)15-22(20)30-27(28)31-26/h4-13,15,23H,14H2,1-3H3,(H,29,30,31). The number of nitrogens with one attached hydrogen (secondary N) is 1. The molecule has 0 saturated heterocycles. The van der Waals surface area contributed by atoms with E-state index in [1.54, 1.807) is 25.3 Å². The SMILES string of the molecule is COc1cc2nc(Cl)nc(Nc3cccc(C4=NN(C(C)=O)C(c5ccccc5)C4)c3)c2cc1OC. The number of nitrogens with zero attached hydrogens (tertiary/aromatic N) is 4. The number of fused-ring (bicyclic) bond motifs is 1. The molecule has 0 fully saturated rings. The van der Waals surface area contributed by atoms with Crippen LogP contribution in [0.1, 0.15) is 30.5 Å². The molecule has 1 aromatic heterocycles. The number of methoxy groups -OCH3 is 2. The van der Waals surface area contributed by atoms with Crippen LogP contribution in [0.2, 0.25) is 5.28 Å². The van der Waals surface area contributed by atoms with Crippen LogP contribution >= 0.6 is 11.6 Å². The minimum Gasteiger partial charge on any atom is -0.493 e. The van der Waals surface area contributed by atoms with Gasteiger partial charge in [-0.1, -0.05) is 42.5 Å². The van der Waals surface area contributed by atoms with E-state index in [2.05, 4.69) is 20.4 Å². The Labute approximate surface area is 213 Å². The second-order valence-electron chi connectivity index (χ2n) is 8.31. The van der Waals surface area contributed by atoms with Gasteiger partial charge in [0.15, 0.2) is 11.5 Å². The summed E-state index contributed by atoms with van der Waals surface area (Å²) in [7, 11) is 3.14. The Hall–Kier alpha value is -4.17. The molecule has 36 heavy (non-hydrogen) atoms. The number of benzene rings is 3. The highest BCUT2D eigenvalue weighted by molar-refractivity contribution is 6.29. The zero-order chi connectivity index (χ0) is 25.2. The largest absolute Gasteiger partial charge is 0.493 e. The molecule has 2 heterocycles. The smallest absolute Gasteiger partial charge is 0.240 e. The van der Waals surface area contributed by atoms with E-state index in [9.17, 15) is 4.79 Å². The summed E-state index contributed by atoms with van der Waals surface area (Å²) in [4.78, 5) is 21.1. The number of carbonyl (C=O) groups is 1. The van der Waals surface area contributed by atoms with Crippen LogP contribution in [0.3, 0.4) is 0 Å². The first-order valence-electron chi connectivity index (χ1n) is 11.4. The summed E-state index contributed by atoms with van der Waals surface area (Å²) in [6.07, 6.45) is 0.617. The molecular weight excluding hydrogens is 478 g/mol. The first-order valence-corrected chi connectivity index (χ1v) is 11.7. The number of hydrazone groups is 1. The van der Waals surface area contributed by atoms with Gasteiger partial charge in [0.2, 0.25) is 11.2 Å². The van der Waals surface area contributed by atoms with Gasteiger partial charge < -0.3 is 14.8 Å². The monoisotopic (exact) mass is 501 g/mol. The summed E-state index contributed by atoms with van der Waals surface area (Å²) in [5.74, 6) is 1.54. The van der Waals surface area contributed by atoms with Crippen LogP contribution in [0.15, 0.2) is 71.8 Å². The Morgan fingerprint density at radius 1 is 1.00 bits per heavy atom. The molecule has 9 heteroatoms. The highest BCUT2D eigenvalue weighted by Crippen LogP contribution is 2.36.